The van der Waals surface area contributed by atoms with Crippen molar-refractivity contribution in [3.63, 3.8) is 0 Å². The second kappa shape index (κ2) is 8.70. The van der Waals surface area contributed by atoms with Gasteiger partial charge in [0.1, 0.15) is 0 Å². The fourth-order valence-corrected chi connectivity index (χ4v) is 4.61. The molecule has 0 unspecified atom stereocenters. The van der Waals surface area contributed by atoms with Crippen LogP contribution in [0.25, 0.3) is 0 Å². The Bertz CT molecular complexity index is 688. The van der Waals surface area contributed by atoms with E-state index >= 15 is 0 Å². The van der Waals surface area contributed by atoms with Crippen molar-refractivity contribution >= 4 is 5.91 Å². The molecule has 1 aliphatic carbocycles. The second-order valence-corrected chi connectivity index (χ2v) is 8.55. The van der Waals surface area contributed by atoms with Gasteiger partial charge in [-0.15, -0.1) is 0 Å². The first-order valence-electron chi connectivity index (χ1n) is 10.8. The molecule has 2 aliphatic heterocycles. The van der Waals surface area contributed by atoms with Crippen LogP contribution in [0.15, 0.2) is 18.2 Å². The summed E-state index contributed by atoms with van der Waals surface area (Å²) in [5.41, 5.74) is 1.25. The first-order chi connectivity index (χ1) is 13.6. The molecule has 1 aromatic rings. The Labute approximate surface area is 168 Å². The summed E-state index contributed by atoms with van der Waals surface area (Å²) in [6, 6.07) is 6.49. The molecule has 0 spiro atoms. The summed E-state index contributed by atoms with van der Waals surface area (Å²) in [5, 5.41) is 3.32. The lowest BCUT2D eigenvalue weighted by Gasteiger charge is -2.38. The topological polar surface area (TPSA) is 54.0 Å². The van der Waals surface area contributed by atoms with Gasteiger partial charge >= 0.3 is 0 Å². The molecule has 1 N–H and O–H groups in total. The molecule has 1 aromatic carbocycles. The summed E-state index contributed by atoms with van der Waals surface area (Å²) in [6.07, 6.45) is 4.90. The molecule has 28 heavy (non-hydrogen) atoms. The summed E-state index contributed by atoms with van der Waals surface area (Å²) in [5.74, 6) is 2.48. The van der Waals surface area contributed by atoms with E-state index in [2.05, 4.69) is 41.1 Å². The van der Waals surface area contributed by atoms with Crippen LogP contribution in [0.1, 0.15) is 45.1 Å². The molecule has 3 aliphatic rings. The van der Waals surface area contributed by atoms with Crippen LogP contribution >= 0.6 is 0 Å². The van der Waals surface area contributed by atoms with E-state index in [-0.39, 0.29) is 11.9 Å². The Hall–Kier alpha value is -1.79. The third kappa shape index (κ3) is 4.44. The van der Waals surface area contributed by atoms with E-state index in [1.807, 2.05) is 6.07 Å². The van der Waals surface area contributed by atoms with Gasteiger partial charge in [0.15, 0.2) is 11.5 Å². The van der Waals surface area contributed by atoms with Crippen molar-refractivity contribution in [3.8, 4) is 11.5 Å². The van der Waals surface area contributed by atoms with E-state index in [0.29, 0.717) is 18.8 Å². The minimum atomic E-state index is -0.0539. The minimum absolute atomic E-state index is 0.0539. The van der Waals surface area contributed by atoms with Gasteiger partial charge in [-0.2, -0.15) is 0 Å². The van der Waals surface area contributed by atoms with Gasteiger partial charge in [0.2, 0.25) is 12.7 Å². The maximum Gasteiger partial charge on any atom is 0.237 e. The molecule has 6 nitrogen and oxygen atoms in total. The Balaban J connectivity index is 1.24. The molecule has 154 valence electrons. The summed E-state index contributed by atoms with van der Waals surface area (Å²) < 4.78 is 10.9. The van der Waals surface area contributed by atoms with Crippen LogP contribution < -0.4 is 14.8 Å². The van der Waals surface area contributed by atoms with Crippen molar-refractivity contribution in [2.75, 3.05) is 33.0 Å². The quantitative estimate of drug-likeness (QED) is 0.842. The maximum atomic E-state index is 12.7. The Kier molecular flexibility index (Phi) is 6.07. The smallest absolute Gasteiger partial charge is 0.237 e. The highest BCUT2D eigenvalue weighted by Gasteiger charge is 2.29. The highest BCUT2D eigenvalue weighted by atomic mass is 16.7. The van der Waals surface area contributed by atoms with Gasteiger partial charge in [0.25, 0.3) is 0 Å². The molecule has 3 atom stereocenters. The van der Waals surface area contributed by atoms with Crippen molar-refractivity contribution in [1.82, 2.24) is 15.1 Å². The van der Waals surface area contributed by atoms with Gasteiger partial charge < -0.3 is 14.8 Å². The van der Waals surface area contributed by atoms with Crippen molar-refractivity contribution < 1.29 is 14.3 Å². The molecule has 0 radical (unpaired) electrons. The van der Waals surface area contributed by atoms with Crippen molar-refractivity contribution in [2.45, 2.75) is 58.2 Å². The first kappa shape index (κ1) is 19.5. The van der Waals surface area contributed by atoms with E-state index in [1.165, 1.54) is 24.8 Å². The lowest BCUT2D eigenvalue weighted by molar-refractivity contribution is -0.127. The van der Waals surface area contributed by atoms with Gasteiger partial charge in [-0.3, -0.25) is 14.6 Å². The second-order valence-electron chi connectivity index (χ2n) is 8.55. The zero-order chi connectivity index (χ0) is 19.5. The summed E-state index contributed by atoms with van der Waals surface area (Å²) in [6.45, 7) is 9.36. The third-order valence-corrected chi connectivity index (χ3v) is 6.62. The largest absolute Gasteiger partial charge is 0.454 e. The van der Waals surface area contributed by atoms with Crippen molar-refractivity contribution in [3.05, 3.63) is 23.8 Å². The molecule has 1 saturated carbocycles. The van der Waals surface area contributed by atoms with Crippen LogP contribution in [0.3, 0.4) is 0 Å². The monoisotopic (exact) mass is 387 g/mol. The number of amides is 1. The number of hydrogen-bond acceptors (Lipinski definition) is 5. The fraction of sp³-hybridized carbons (Fsp3) is 0.682. The standard InChI is InChI=1S/C22H33N3O3/c1-16-5-3-4-6-19(16)23-22(26)17(2)25-11-9-24(10-12-25)14-18-7-8-20-21(13-18)28-15-27-20/h7-8,13,16-17,19H,3-6,9-12,14-15H2,1-2H3,(H,23,26)/t16-,17-,19+/m1/s1. The number of piperazine rings is 1. The number of hydrogen-bond donors (Lipinski definition) is 1. The Morgan fingerprint density at radius 2 is 1.89 bits per heavy atom. The lowest BCUT2D eigenvalue weighted by Crippen LogP contribution is -2.55. The molecule has 0 bridgehead atoms. The zero-order valence-electron chi connectivity index (χ0n) is 17.2. The lowest BCUT2D eigenvalue weighted by atomic mass is 9.86. The third-order valence-electron chi connectivity index (χ3n) is 6.62. The van der Waals surface area contributed by atoms with Gasteiger partial charge in [-0.25, -0.2) is 0 Å². The van der Waals surface area contributed by atoms with E-state index in [0.717, 1.165) is 50.6 Å². The number of rotatable bonds is 5. The van der Waals surface area contributed by atoms with Crippen LogP contribution in [-0.2, 0) is 11.3 Å². The zero-order valence-corrected chi connectivity index (χ0v) is 17.2. The maximum absolute atomic E-state index is 12.7. The van der Waals surface area contributed by atoms with Gasteiger partial charge in [0, 0.05) is 38.8 Å². The summed E-state index contributed by atoms with van der Waals surface area (Å²) >= 11 is 0. The van der Waals surface area contributed by atoms with Crippen molar-refractivity contribution in [2.24, 2.45) is 5.92 Å². The molecule has 1 saturated heterocycles. The van der Waals surface area contributed by atoms with E-state index < -0.39 is 0 Å². The van der Waals surface area contributed by atoms with Gasteiger partial charge in [-0.05, 0) is 43.4 Å². The predicted octanol–water partition coefficient (Wildman–Crippen LogP) is 2.62. The highest BCUT2D eigenvalue weighted by molar-refractivity contribution is 5.81. The molecule has 4 rings (SSSR count). The van der Waals surface area contributed by atoms with Gasteiger partial charge in [-0.1, -0.05) is 25.8 Å². The van der Waals surface area contributed by atoms with E-state index in [9.17, 15) is 4.79 Å². The minimum Gasteiger partial charge on any atom is -0.454 e. The molecule has 2 fully saturated rings. The van der Waals surface area contributed by atoms with Gasteiger partial charge in [0.05, 0.1) is 6.04 Å². The number of carbonyl (C=O) groups excluding carboxylic acids is 1. The molecular weight excluding hydrogens is 354 g/mol. The van der Waals surface area contributed by atoms with Crippen LogP contribution in [-0.4, -0.2) is 60.8 Å². The van der Waals surface area contributed by atoms with E-state index in [4.69, 9.17) is 9.47 Å². The SMILES string of the molecule is C[C@@H]1CCCC[C@@H]1NC(=O)[C@@H](C)N1CCN(Cc2ccc3c(c2)OCO3)CC1. The number of ether oxygens (including phenoxy) is 2. The Morgan fingerprint density at radius 3 is 2.68 bits per heavy atom. The predicted molar refractivity (Wildman–Crippen MR) is 108 cm³/mol. The molecular formula is C22H33N3O3. The van der Waals surface area contributed by atoms with Crippen molar-refractivity contribution in [1.29, 1.82) is 0 Å². The average Bonchev–Trinajstić information content (AvgIpc) is 3.17. The number of nitrogens with zero attached hydrogens (tertiary/aromatic N) is 2. The van der Waals surface area contributed by atoms with Crippen LogP contribution in [0.5, 0.6) is 11.5 Å². The average molecular weight is 388 g/mol. The highest BCUT2D eigenvalue weighted by Crippen LogP contribution is 2.33. The number of benzene rings is 1. The van der Waals surface area contributed by atoms with Crippen LogP contribution in [0.4, 0.5) is 0 Å². The fourth-order valence-electron chi connectivity index (χ4n) is 4.61. The normalized spacial score (nSPS) is 26.8. The molecule has 1 amide bonds. The molecule has 0 aromatic heterocycles. The molecule has 2 heterocycles. The number of carbonyl (C=O) groups is 1. The Morgan fingerprint density at radius 1 is 1.14 bits per heavy atom. The molecule has 6 heteroatoms. The van der Waals surface area contributed by atoms with Crippen LogP contribution in [0.2, 0.25) is 0 Å². The van der Waals surface area contributed by atoms with E-state index in [1.54, 1.807) is 0 Å². The first-order valence-corrected chi connectivity index (χ1v) is 10.8. The van der Waals surface area contributed by atoms with Crippen LogP contribution in [0, 0.1) is 5.92 Å². The summed E-state index contributed by atoms with van der Waals surface area (Å²) in [7, 11) is 0. The number of nitrogens with one attached hydrogen (secondary N) is 1. The number of fused-ring (bicyclic) bond motifs is 1. The summed E-state index contributed by atoms with van der Waals surface area (Å²) in [4.78, 5) is 17.5.